The molecule has 0 aliphatic heterocycles. The minimum Gasteiger partial charge on any atom is -0.464 e. The number of hydrogen-bond donors (Lipinski definition) is 1. The molecule has 0 radical (unpaired) electrons. The van der Waals surface area contributed by atoms with Gasteiger partial charge in [0.15, 0.2) is 0 Å². The lowest BCUT2D eigenvalue weighted by Crippen LogP contribution is -1.89. The van der Waals surface area contributed by atoms with Gasteiger partial charge in [0.25, 0.3) is 0 Å². The van der Waals surface area contributed by atoms with E-state index in [0.29, 0.717) is 0 Å². The molecule has 21 heavy (non-hydrogen) atoms. The number of para-hydroxylation sites is 2. The van der Waals surface area contributed by atoms with Crippen LogP contribution in [0.4, 0.5) is 5.69 Å². The molecule has 0 aliphatic rings. The molecular weight excluding hydrogens is 280 g/mol. The fourth-order valence-corrected chi connectivity index (χ4v) is 3.23. The molecule has 0 unspecified atom stereocenters. The van der Waals surface area contributed by atoms with Crippen molar-refractivity contribution in [2.45, 2.75) is 0 Å². The highest BCUT2D eigenvalue weighted by Gasteiger charge is 2.13. The smallest absolute Gasteiger partial charge is 0.134 e. The van der Waals surface area contributed by atoms with Gasteiger partial charge in [0.05, 0.1) is 11.3 Å². The van der Waals surface area contributed by atoms with E-state index in [-0.39, 0.29) is 0 Å². The summed E-state index contributed by atoms with van der Waals surface area (Å²) in [5.74, 6) is 0. The summed E-state index contributed by atoms with van der Waals surface area (Å²) in [4.78, 5) is 4.71. The first-order valence-electron chi connectivity index (χ1n) is 6.60. The number of aromatic nitrogens is 1. The molecule has 0 atom stereocenters. The summed E-state index contributed by atoms with van der Waals surface area (Å²) in [6.45, 7) is 0. The molecule has 0 aliphatic carbocycles. The van der Waals surface area contributed by atoms with E-state index in [2.05, 4.69) is 0 Å². The predicted molar refractivity (Wildman–Crippen MR) is 87.2 cm³/mol. The molecule has 0 saturated heterocycles. The topological polar surface area (TPSA) is 52.0 Å². The average Bonchev–Trinajstić information content (AvgIpc) is 3.14. The highest BCUT2D eigenvalue weighted by Crippen LogP contribution is 2.35. The Morgan fingerprint density at radius 3 is 2.67 bits per heavy atom. The Labute approximate surface area is 125 Å². The van der Waals surface area contributed by atoms with Crippen molar-refractivity contribution in [3.8, 4) is 21.8 Å². The van der Waals surface area contributed by atoms with Crippen molar-refractivity contribution < 1.29 is 4.42 Å². The Kier molecular flexibility index (Phi) is 2.75. The van der Waals surface area contributed by atoms with Crippen LogP contribution in [0.3, 0.4) is 0 Å². The van der Waals surface area contributed by atoms with Crippen LogP contribution >= 0.6 is 11.3 Å². The number of hydrogen-bond acceptors (Lipinski definition) is 4. The predicted octanol–water partition coefficient (Wildman–Crippen LogP) is 4.81. The molecule has 2 aromatic carbocycles. The number of rotatable bonds is 2. The van der Waals surface area contributed by atoms with Gasteiger partial charge in [-0.05, 0) is 12.1 Å². The molecule has 4 rings (SSSR count). The zero-order valence-electron chi connectivity index (χ0n) is 11.1. The van der Waals surface area contributed by atoms with E-state index in [4.69, 9.17) is 15.1 Å². The lowest BCUT2D eigenvalue weighted by molar-refractivity contribution is 0.617. The second kappa shape index (κ2) is 4.75. The normalized spacial score (nSPS) is 11.0. The van der Waals surface area contributed by atoms with Crippen LogP contribution in [0.15, 0.2) is 64.6 Å². The zero-order chi connectivity index (χ0) is 14.2. The molecule has 4 heteroatoms. The first-order valence-corrected chi connectivity index (χ1v) is 7.48. The number of furan rings is 1. The lowest BCUT2D eigenvalue weighted by Gasteiger charge is -2.00. The van der Waals surface area contributed by atoms with Crippen molar-refractivity contribution in [2.75, 3.05) is 5.73 Å². The van der Waals surface area contributed by atoms with E-state index in [0.717, 1.165) is 38.5 Å². The fraction of sp³-hybridized carbons (Fsp3) is 0. The second-order valence-electron chi connectivity index (χ2n) is 4.77. The van der Waals surface area contributed by atoms with E-state index in [1.54, 1.807) is 17.6 Å². The third-order valence-electron chi connectivity index (χ3n) is 3.45. The summed E-state index contributed by atoms with van der Waals surface area (Å²) >= 11 is 1.60. The van der Waals surface area contributed by atoms with Gasteiger partial charge >= 0.3 is 0 Å². The minimum atomic E-state index is 0.742. The number of fused-ring (bicyclic) bond motifs is 1. The summed E-state index contributed by atoms with van der Waals surface area (Å²) < 4.78 is 5.58. The van der Waals surface area contributed by atoms with Crippen LogP contribution in [0.5, 0.6) is 0 Å². The van der Waals surface area contributed by atoms with E-state index < -0.39 is 0 Å². The first kappa shape index (κ1) is 12.2. The van der Waals surface area contributed by atoms with Crippen LogP contribution in [0.1, 0.15) is 0 Å². The molecular formula is C17H12N2OS. The summed E-state index contributed by atoms with van der Waals surface area (Å²) in [6, 6.07) is 15.8. The van der Waals surface area contributed by atoms with Crippen molar-refractivity contribution >= 4 is 28.0 Å². The van der Waals surface area contributed by atoms with E-state index in [9.17, 15) is 0 Å². The second-order valence-corrected chi connectivity index (χ2v) is 5.63. The molecule has 0 spiro atoms. The number of nitrogen functional groups attached to an aromatic ring is 1. The highest BCUT2D eigenvalue weighted by atomic mass is 32.1. The van der Waals surface area contributed by atoms with Gasteiger partial charge in [-0.3, -0.25) is 0 Å². The molecule has 0 saturated carbocycles. The van der Waals surface area contributed by atoms with E-state index in [1.807, 2.05) is 53.9 Å². The van der Waals surface area contributed by atoms with Gasteiger partial charge < -0.3 is 10.2 Å². The summed E-state index contributed by atoms with van der Waals surface area (Å²) in [5.41, 5.74) is 10.5. The van der Waals surface area contributed by atoms with Crippen molar-refractivity contribution in [3.05, 3.63) is 60.2 Å². The van der Waals surface area contributed by atoms with E-state index >= 15 is 0 Å². The third kappa shape index (κ3) is 2.00. The first-order chi connectivity index (χ1) is 10.3. The lowest BCUT2D eigenvalue weighted by atomic mass is 10.1. The maximum Gasteiger partial charge on any atom is 0.134 e. The number of nitrogens with two attached hydrogens (primary N) is 1. The number of anilines is 1. The summed E-state index contributed by atoms with van der Waals surface area (Å²) in [6.07, 6.45) is 1.77. The monoisotopic (exact) mass is 292 g/mol. The van der Waals surface area contributed by atoms with Crippen molar-refractivity contribution in [1.82, 2.24) is 4.98 Å². The zero-order valence-corrected chi connectivity index (χ0v) is 11.9. The van der Waals surface area contributed by atoms with Gasteiger partial charge in [-0.15, -0.1) is 11.3 Å². The summed E-state index contributed by atoms with van der Waals surface area (Å²) in [5, 5.41) is 4.06. The number of thiazole rings is 1. The molecule has 2 aromatic heterocycles. The average molecular weight is 292 g/mol. The summed E-state index contributed by atoms with van der Waals surface area (Å²) in [7, 11) is 0. The van der Waals surface area contributed by atoms with Gasteiger partial charge in [-0.2, -0.15) is 0 Å². The number of benzene rings is 2. The standard InChI is InChI=1S/C17H12N2OS/c18-14-7-3-1-6-12(14)15-10-21-17(19-15)13-9-20-16-8-4-2-5-11(13)16/h1-10H,18H2. The minimum absolute atomic E-state index is 0.742. The van der Waals surface area contributed by atoms with Crippen molar-refractivity contribution in [1.29, 1.82) is 0 Å². The third-order valence-corrected chi connectivity index (χ3v) is 4.33. The Balaban J connectivity index is 1.83. The Morgan fingerprint density at radius 2 is 1.76 bits per heavy atom. The largest absolute Gasteiger partial charge is 0.464 e. The molecule has 2 N–H and O–H groups in total. The van der Waals surface area contributed by atoms with Crippen LogP contribution in [-0.2, 0) is 0 Å². The van der Waals surface area contributed by atoms with Crippen LogP contribution in [0.25, 0.3) is 32.8 Å². The van der Waals surface area contributed by atoms with Gasteiger partial charge in [0.1, 0.15) is 16.9 Å². The van der Waals surface area contributed by atoms with Crippen LogP contribution in [0.2, 0.25) is 0 Å². The van der Waals surface area contributed by atoms with Crippen LogP contribution in [0, 0.1) is 0 Å². The molecule has 2 heterocycles. The maximum atomic E-state index is 6.02. The molecule has 3 nitrogen and oxygen atoms in total. The SMILES string of the molecule is Nc1ccccc1-c1csc(-c2coc3ccccc23)n1. The van der Waals surface area contributed by atoms with Crippen LogP contribution < -0.4 is 5.73 Å². The van der Waals surface area contributed by atoms with Gasteiger partial charge in [-0.1, -0.05) is 36.4 Å². The van der Waals surface area contributed by atoms with E-state index in [1.165, 1.54) is 0 Å². The van der Waals surface area contributed by atoms with Gasteiger partial charge in [0, 0.05) is 22.0 Å². The molecule has 4 aromatic rings. The molecule has 0 fully saturated rings. The number of nitrogens with zero attached hydrogens (tertiary/aromatic N) is 1. The van der Waals surface area contributed by atoms with Crippen LogP contribution in [-0.4, -0.2) is 4.98 Å². The fourth-order valence-electron chi connectivity index (χ4n) is 2.39. The Morgan fingerprint density at radius 1 is 0.952 bits per heavy atom. The van der Waals surface area contributed by atoms with Crippen molar-refractivity contribution in [2.24, 2.45) is 0 Å². The highest BCUT2D eigenvalue weighted by molar-refractivity contribution is 7.13. The Hall–Kier alpha value is -2.59. The van der Waals surface area contributed by atoms with Crippen molar-refractivity contribution in [3.63, 3.8) is 0 Å². The molecule has 102 valence electrons. The van der Waals surface area contributed by atoms with Gasteiger partial charge in [0.2, 0.25) is 0 Å². The quantitative estimate of drug-likeness (QED) is 0.540. The maximum absolute atomic E-state index is 6.02. The molecule has 0 amide bonds. The molecule has 0 bridgehead atoms. The Bertz CT molecular complexity index is 923. The van der Waals surface area contributed by atoms with Gasteiger partial charge in [-0.25, -0.2) is 4.98 Å².